The van der Waals surface area contributed by atoms with E-state index in [0.717, 1.165) is 37.2 Å². The van der Waals surface area contributed by atoms with E-state index < -0.39 is 24.2 Å². The van der Waals surface area contributed by atoms with Crippen LogP contribution in [0.2, 0.25) is 0 Å². The number of ether oxygens (including phenoxy) is 1. The number of nitrogens with one attached hydrogen (secondary N) is 2. The quantitative estimate of drug-likeness (QED) is 0.488. The molecular weight excluding hydrogens is 483 g/mol. The van der Waals surface area contributed by atoms with Crippen molar-refractivity contribution in [2.45, 2.75) is 50.1 Å². The van der Waals surface area contributed by atoms with Crippen LogP contribution in [0, 0.1) is 0 Å². The lowest BCUT2D eigenvalue weighted by Gasteiger charge is -2.34. The standard InChI is InChI=1S/C27H30F3N5O2/c1-37-21-9-7-19(8-10-21)23-15-24(27(28,29)30)35-25(33-23)22(16-31-35)26(36)32-20-11-13-34(14-12-20)17-18-5-3-2-4-6-18/h2-10,16,20,23-24,33H,11-15,17H2,1H3,(H,32,36). The molecule has 1 aromatic heterocycles. The molecule has 5 rings (SSSR count). The normalized spacial score (nSPS) is 20.6. The van der Waals surface area contributed by atoms with Gasteiger partial charge in [0.15, 0.2) is 6.04 Å². The van der Waals surface area contributed by atoms with Crippen LogP contribution in [-0.4, -0.2) is 53.0 Å². The highest BCUT2D eigenvalue weighted by molar-refractivity contribution is 5.99. The van der Waals surface area contributed by atoms with E-state index in [4.69, 9.17) is 4.74 Å². The minimum atomic E-state index is -4.51. The maximum atomic E-state index is 14.0. The van der Waals surface area contributed by atoms with Gasteiger partial charge in [-0.05, 0) is 36.1 Å². The number of methoxy groups -OCH3 is 1. The summed E-state index contributed by atoms with van der Waals surface area (Å²) in [5.74, 6) is 0.298. The highest BCUT2D eigenvalue weighted by atomic mass is 19.4. The second-order valence-corrected chi connectivity index (χ2v) is 9.62. The van der Waals surface area contributed by atoms with Crippen LogP contribution in [-0.2, 0) is 6.54 Å². The Kier molecular flexibility index (Phi) is 7.10. The molecule has 2 aliphatic rings. The molecule has 1 fully saturated rings. The number of hydrogen-bond donors (Lipinski definition) is 2. The van der Waals surface area contributed by atoms with E-state index in [9.17, 15) is 18.0 Å². The molecule has 0 aliphatic carbocycles. The van der Waals surface area contributed by atoms with Crippen molar-refractivity contribution in [3.05, 3.63) is 77.5 Å². The third kappa shape index (κ3) is 5.58. The largest absolute Gasteiger partial charge is 0.497 e. The average molecular weight is 514 g/mol. The third-order valence-electron chi connectivity index (χ3n) is 7.17. The first-order chi connectivity index (χ1) is 17.8. The Labute approximate surface area is 213 Å². The zero-order chi connectivity index (χ0) is 26.0. The second-order valence-electron chi connectivity index (χ2n) is 9.62. The highest BCUT2D eigenvalue weighted by Crippen LogP contribution is 2.44. The zero-order valence-electron chi connectivity index (χ0n) is 20.5. The Morgan fingerprint density at radius 3 is 2.46 bits per heavy atom. The maximum absolute atomic E-state index is 14.0. The predicted molar refractivity (Wildman–Crippen MR) is 134 cm³/mol. The fraction of sp³-hybridized carbons (Fsp3) is 0.407. The lowest BCUT2D eigenvalue weighted by atomic mass is 9.96. The monoisotopic (exact) mass is 513 g/mol. The number of benzene rings is 2. The molecule has 2 aliphatic heterocycles. The van der Waals surface area contributed by atoms with Gasteiger partial charge in [-0.25, -0.2) is 4.68 Å². The molecule has 7 nitrogen and oxygen atoms in total. The summed E-state index contributed by atoms with van der Waals surface area (Å²) < 4.78 is 48.0. The van der Waals surface area contributed by atoms with Crippen molar-refractivity contribution in [1.29, 1.82) is 0 Å². The molecule has 3 aromatic rings. The fourth-order valence-corrected chi connectivity index (χ4v) is 5.12. The summed E-state index contributed by atoms with van der Waals surface area (Å²) in [6.07, 6.45) is -1.96. The van der Waals surface area contributed by atoms with Crippen LogP contribution < -0.4 is 15.4 Å². The lowest BCUT2D eigenvalue weighted by molar-refractivity contribution is -0.173. The number of amides is 1. The number of alkyl halides is 3. The summed E-state index contributed by atoms with van der Waals surface area (Å²) in [6, 6.07) is 14.6. The van der Waals surface area contributed by atoms with Crippen LogP contribution in [0.25, 0.3) is 0 Å². The molecule has 0 spiro atoms. The maximum Gasteiger partial charge on any atom is 0.410 e. The summed E-state index contributed by atoms with van der Waals surface area (Å²) in [7, 11) is 1.53. The Bertz CT molecular complexity index is 1210. The van der Waals surface area contributed by atoms with Gasteiger partial charge in [-0.2, -0.15) is 18.3 Å². The van der Waals surface area contributed by atoms with E-state index in [1.165, 1.54) is 18.9 Å². The van der Waals surface area contributed by atoms with Crippen molar-refractivity contribution in [3.8, 4) is 5.75 Å². The highest BCUT2D eigenvalue weighted by Gasteiger charge is 2.47. The topological polar surface area (TPSA) is 71.4 Å². The second kappa shape index (κ2) is 10.5. The van der Waals surface area contributed by atoms with Gasteiger partial charge >= 0.3 is 6.18 Å². The molecule has 1 saturated heterocycles. The molecule has 0 bridgehead atoms. The SMILES string of the molecule is COc1ccc(C2CC(C(F)(F)F)n3ncc(C(=O)NC4CCN(Cc5ccccc5)CC4)c3N2)cc1. The van der Waals surface area contributed by atoms with Gasteiger partial charge in [-0.1, -0.05) is 42.5 Å². The van der Waals surface area contributed by atoms with Gasteiger partial charge in [0, 0.05) is 32.1 Å². The number of hydrogen-bond acceptors (Lipinski definition) is 5. The van der Waals surface area contributed by atoms with E-state index in [1.807, 2.05) is 18.2 Å². The van der Waals surface area contributed by atoms with E-state index in [0.29, 0.717) is 11.3 Å². The number of carbonyl (C=O) groups excluding carboxylic acids is 1. The van der Waals surface area contributed by atoms with E-state index >= 15 is 0 Å². The summed E-state index contributed by atoms with van der Waals surface area (Å²) in [6.45, 7) is 2.52. The molecule has 2 aromatic carbocycles. The molecule has 10 heteroatoms. The molecule has 0 radical (unpaired) electrons. The summed E-state index contributed by atoms with van der Waals surface area (Å²) in [5, 5.41) is 10.1. The van der Waals surface area contributed by atoms with Gasteiger partial charge in [-0.15, -0.1) is 0 Å². The molecule has 1 amide bonds. The van der Waals surface area contributed by atoms with Crippen LogP contribution in [0.4, 0.5) is 19.0 Å². The number of likely N-dealkylation sites (tertiary alicyclic amines) is 1. The number of anilines is 1. The number of nitrogens with zero attached hydrogens (tertiary/aromatic N) is 3. The summed E-state index contributed by atoms with van der Waals surface area (Å²) in [4.78, 5) is 15.5. The van der Waals surface area contributed by atoms with Crippen molar-refractivity contribution in [2.75, 3.05) is 25.5 Å². The minimum Gasteiger partial charge on any atom is -0.497 e. The van der Waals surface area contributed by atoms with Crippen molar-refractivity contribution in [2.24, 2.45) is 0 Å². The number of rotatable bonds is 6. The van der Waals surface area contributed by atoms with Gasteiger partial charge in [-0.3, -0.25) is 9.69 Å². The Hall–Kier alpha value is -3.53. The van der Waals surface area contributed by atoms with Gasteiger partial charge in [0.05, 0.1) is 19.3 Å². The number of aromatic nitrogens is 2. The van der Waals surface area contributed by atoms with Gasteiger partial charge in [0.25, 0.3) is 5.91 Å². The Morgan fingerprint density at radius 2 is 1.81 bits per heavy atom. The van der Waals surface area contributed by atoms with Crippen molar-refractivity contribution in [3.63, 3.8) is 0 Å². The van der Waals surface area contributed by atoms with E-state index in [1.54, 1.807) is 24.3 Å². The van der Waals surface area contributed by atoms with Crippen molar-refractivity contribution in [1.82, 2.24) is 20.0 Å². The molecule has 3 heterocycles. The minimum absolute atomic E-state index is 0.0468. The van der Waals surface area contributed by atoms with Gasteiger partial charge in [0.2, 0.25) is 0 Å². The van der Waals surface area contributed by atoms with E-state index in [-0.39, 0.29) is 23.8 Å². The number of carbonyl (C=O) groups is 1. The lowest BCUT2D eigenvalue weighted by Crippen LogP contribution is -2.44. The van der Waals surface area contributed by atoms with Gasteiger partial charge in [0.1, 0.15) is 17.1 Å². The molecular formula is C27H30F3N5O2. The first-order valence-corrected chi connectivity index (χ1v) is 12.4. The molecule has 2 atom stereocenters. The molecule has 196 valence electrons. The number of fused-ring (bicyclic) bond motifs is 1. The molecule has 2 unspecified atom stereocenters. The molecule has 0 saturated carbocycles. The first-order valence-electron chi connectivity index (χ1n) is 12.4. The van der Waals surface area contributed by atoms with Crippen LogP contribution in [0.1, 0.15) is 52.8 Å². The van der Waals surface area contributed by atoms with Crippen LogP contribution >= 0.6 is 0 Å². The summed E-state index contributed by atoms with van der Waals surface area (Å²) in [5.41, 5.74) is 2.05. The predicted octanol–water partition coefficient (Wildman–Crippen LogP) is 4.95. The first kappa shape index (κ1) is 25.1. The number of piperidine rings is 1. The van der Waals surface area contributed by atoms with Crippen LogP contribution in [0.3, 0.4) is 0 Å². The van der Waals surface area contributed by atoms with Crippen molar-refractivity contribution >= 4 is 11.7 Å². The van der Waals surface area contributed by atoms with E-state index in [2.05, 4.69) is 32.8 Å². The molecule has 37 heavy (non-hydrogen) atoms. The average Bonchev–Trinajstić information content (AvgIpc) is 3.33. The fourth-order valence-electron chi connectivity index (χ4n) is 5.12. The molecule has 2 N–H and O–H groups in total. The van der Waals surface area contributed by atoms with Crippen LogP contribution in [0.5, 0.6) is 5.75 Å². The summed E-state index contributed by atoms with van der Waals surface area (Å²) >= 11 is 0. The zero-order valence-corrected chi connectivity index (χ0v) is 20.5. The van der Waals surface area contributed by atoms with Gasteiger partial charge < -0.3 is 15.4 Å². The third-order valence-corrected chi connectivity index (χ3v) is 7.17. The Morgan fingerprint density at radius 1 is 1.11 bits per heavy atom. The van der Waals surface area contributed by atoms with Crippen molar-refractivity contribution < 1.29 is 22.7 Å². The van der Waals surface area contributed by atoms with Crippen LogP contribution in [0.15, 0.2) is 60.8 Å². The Balaban J connectivity index is 1.28. The smallest absolute Gasteiger partial charge is 0.410 e. The number of halogens is 3.